The molecule has 2 aromatic rings. The second-order valence-electron chi connectivity index (χ2n) is 3.86. The topological polar surface area (TPSA) is 55.4 Å². The summed E-state index contributed by atoms with van der Waals surface area (Å²) in [6.45, 7) is 0.259. The van der Waals surface area contributed by atoms with E-state index in [0.29, 0.717) is 16.7 Å². The van der Waals surface area contributed by atoms with Crippen molar-refractivity contribution in [2.24, 2.45) is 0 Å². The summed E-state index contributed by atoms with van der Waals surface area (Å²) >= 11 is 5.21. The summed E-state index contributed by atoms with van der Waals surface area (Å²) in [4.78, 5) is 4.13. The van der Waals surface area contributed by atoms with Crippen molar-refractivity contribution in [3.63, 3.8) is 0 Å². The highest BCUT2D eigenvalue weighted by atomic mass is 32.1. The van der Waals surface area contributed by atoms with E-state index >= 15 is 0 Å². The molecule has 2 heterocycles. The lowest BCUT2D eigenvalue weighted by Gasteiger charge is -2.10. The maximum Gasteiger partial charge on any atom is 0.231 e. The van der Waals surface area contributed by atoms with E-state index in [2.05, 4.69) is 15.6 Å². The van der Waals surface area contributed by atoms with Gasteiger partial charge in [0, 0.05) is 18.0 Å². The van der Waals surface area contributed by atoms with Crippen molar-refractivity contribution >= 4 is 28.8 Å². The van der Waals surface area contributed by atoms with Gasteiger partial charge in [0.1, 0.15) is 5.82 Å². The van der Waals surface area contributed by atoms with Crippen molar-refractivity contribution in [2.45, 2.75) is 0 Å². The molecule has 0 fully saturated rings. The van der Waals surface area contributed by atoms with Crippen LogP contribution in [-0.2, 0) is 0 Å². The smallest absolute Gasteiger partial charge is 0.231 e. The van der Waals surface area contributed by atoms with E-state index in [9.17, 15) is 0 Å². The van der Waals surface area contributed by atoms with Gasteiger partial charge < -0.3 is 20.1 Å². The first-order valence-corrected chi connectivity index (χ1v) is 6.11. The van der Waals surface area contributed by atoms with Crippen LogP contribution in [0.15, 0.2) is 42.6 Å². The summed E-state index contributed by atoms with van der Waals surface area (Å²) in [7, 11) is 0. The van der Waals surface area contributed by atoms with Crippen LogP contribution in [0, 0.1) is 0 Å². The Morgan fingerprint density at radius 1 is 1.11 bits per heavy atom. The third-order valence-corrected chi connectivity index (χ3v) is 2.74. The summed E-state index contributed by atoms with van der Waals surface area (Å²) in [6, 6.07) is 11.1. The van der Waals surface area contributed by atoms with Crippen molar-refractivity contribution in [2.75, 3.05) is 17.4 Å². The average molecular weight is 273 g/mol. The molecule has 5 nitrogen and oxygen atoms in total. The quantitative estimate of drug-likeness (QED) is 0.820. The highest BCUT2D eigenvalue weighted by Gasteiger charge is 2.13. The van der Waals surface area contributed by atoms with Gasteiger partial charge in [0.2, 0.25) is 6.79 Å². The van der Waals surface area contributed by atoms with E-state index in [-0.39, 0.29) is 6.79 Å². The number of hydrogen-bond acceptors (Lipinski definition) is 4. The predicted molar refractivity (Wildman–Crippen MR) is 76.6 cm³/mol. The normalized spacial score (nSPS) is 12.0. The minimum absolute atomic E-state index is 0.259. The molecule has 0 aliphatic carbocycles. The van der Waals surface area contributed by atoms with Crippen molar-refractivity contribution in [1.82, 2.24) is 4.98 Å². The van der Waals surface area contributed by atoms with Gasteiger partial charge in [-0.15, -0.1) is 0 Å². The van der Waals surface area contributed by atoms with Gasteiger partial charge >= 0.3 is 0 Å². The van der Waals surface area contributed by atoms with Crippen LogP contribution in [0.4, 0.5) is 11.5 Å². The molecular weight excluding hydrogens is 262 g/mol. The number of pyridine rings is 1. The van der Waals surface area contributed by atoms with Gasteiger partial charge in [0.05, 0.1) is 0 Å². The molecule has 0 bridgehead atoms. The Balaban J connectivity index is 1.66. The summed E-state index contributed by atoms with van der Waals surface area (Å²) in [5.74, 6) is 2.15. The number of fused-ring (bicyclic) bond motifs is 1. The zero-order valence-electron chi connectivity index (χ0n) is 9.92. The minimum Gasteiger partial charge on any atom is -0.454 e. The summed E-state index contributed by atoms with van der Waals surface area (Å²) in [5, 5.41) is 6.53. The lowest BCUT2D eigenvalue weighted by Crippen LogP contribution is -2.19. The number of ether oxygens (including phenoxy) is 2. The largest absolute Gasteiger partial charge is 0.454 e. The molecule has 1 aromatic heterocycles. The first-order valence-electron chi connectivity index (χ1n) is 5.70. The second-order valence-corrected chi connectivity index (χ2v) is 4.27. The number of thiocarbonyl (C=S) groups is 1. The van der Waals surface area contributed by atoms with Crippen molar-refractivity contribution in [3.05, 3.63) is 42.6 Å². The second kappa shape index (κ2) is 5.11. The molecule has 0 amide bonds. The average Bonchev–Trinajstić information content (AvgIpc) is 2.87. The summed E-state index contributed by atoms with van der Waals surface area (Å²) in [5.41, 5.74) is 0.831. The van der Waals surface area contributed by atoms with Crippen LogP contribution in [-0.4, -0.2) is 16.9 Å². The highest BCUT2D eigenvalue weighted by Crippen LogP contribution is 2.34. The number of rotatable bonds is 2. The van der Waals surface area contributed by atoms with Crippen LogP contribution >= 0.6 is 12.2 Å². The Hall–Kier alpha value is -2.34. The van der Waals surface area contributed by atoms with Crippen LogP contribution in [0.3, 0.4) is 0 Å². The van der Waals surface area contributed by atoms with Gasteiger partial charge in [-0.3, -0.25) is 0 Å². The number of aromatic nitrogens is 1. The number of benzene rings is 1. The molecule has 0 spiro atoms. The fraction of sp³-hybridized carbons (Fsp3) is 0.0769. The van der Waals surface area contributed by atoms with Crippen LogP contribution < -0.4 is 20.1 Å². The molecule has 6 heteroatoms. The standard InChI is InChI=1S/C13H11N3O2S/c19-13(16-12-3-1-2-6-14-12)15-9-4-5-10-11(7-9)18-8-17-10/h1-7H,8H2,(H2,14,15,16,19). The van der Waals surface area contributed by atoms with E-state index in [1.165, 1.54) is 0 Å². The number of hydrogen-bond donors (Lipinski definition) is 2. The molecule has 2 N–H and O–H groups in total. The van der Waals surface area contributed by atoms with Crippen LogP contribution in [0.2, 0.25) is 0 Å². The van der Waals surface area contributed by atoms with Crippen molar-refractivity contribution in [3.8, 4) is 11.5 Å². The lowest BCUT2D eigenvalue weighted by atomic mass is 10.3. The fourth-order valence-corrected chi connectivity index (χ4v) is 1.91. The van der Waals surface area contributed by atoms with Gasteiger partial charge in [-0.05, 0) is 36.5 Å². The number of anilines is 2. The highest BCUT2D eigenvalue weighted by molar-refractivity contribution is 7.80. The molecule has 1 aliphatic rings. The molecule has 3 rings (SSSR count). The maximum atomic E-state index is 5.30. The summed E-state index contributed by atoms with van der Waals surface area (Å²) < 4.78 is 10.5. The monoisotopic (exact) mass is 273 g/mol. The van der Waals surface area contributed by atoms with Gasteiger partial charge in [0.15, 0.2) is 16.6 Å². The van der Waals surface area contributed by atoms with Crippen molar-refractivity contribution < 1.29 is 9.47 Å². The molecular formula is C13H11N3O2S. The SMILES string of the molecule is S=C(Nc1ccc2c(c1)OCO2)Nc1ccccn1. The molecule has 96 valence electrons. The van der Waals surface area contributed by atoms with Crippen LogP contribution in [0.25, 0.3) is 0 Å². The van der Waals surface area contributed by atoms with E-state index in [0.717, 1.165) is 11.4 Å². The molecule has 0 atom stereocenters. The predicted octanol–water partition coefficient (Wildman–Crippen LogP) is 2.62. The molecule has 0 saturated heterocycles. The number of nitrogens with one attached hydrogen (secondary N) is 2. The number of nitrogens with zero attached hydrogens (tertiary/aromatic N) is 1. The first kappa shape index (κ1) is 11.7. The Morgan fingerprint density at radius 3 is 2.84 bits per heavy atom. The molecule has 1 aromatic carbocycles. The Kier molecular flexibility index (Phi) is 3.16. The van der Waals surface area contributed by atoms with E-state index in [1.807, 2.05) is 36.4 Å². The zero-order valence-corrected chi connectivity index (χ0v) is 10.7. The Bertz CT molecular complexity index is 604. The van der Waals surface area contributed by atoms with E-state index in [4.69, 9.17) is 21.7 Å². The van der Waals surface area contributed by atoms with Gasteiger partial charge in [0.25, 0.3) is 0 Å². The third-order valence-electron chi connectivity index (χ3n) is 2.54. The molecule has 19 heavy (non-hydrogen) atoms. The molecule has 0 saturated carbocycles. The van der Waals surface area contributed by atoms with Gasteiger partial charge in [-0.1, -0.05) is 6.07 Å². The first-order chi connectivity index (χ1) is 9.31. The lowest BCUT2D eigenvalue weighted by molar-refractivity contribution is 0.174. The van der Waals surface area contributed by atoms with Gasteiger partial charge in [-0.25, -0.2) is 4.98 Å². The van der Waals surface area contributed by atoms with Gasteiger partial charge in [-0.2, -0.15) is 0 Å². The minimum atomic E-state index is 0.259. The van der Waals surface area contributed by atoms with Crippen LogP contribution in [0.5, 0.6) is 11.5 Å². The van der Waals surface area contributed by atoms with E-state index < -0.39 is 0 Å². The maximum absolute atomic E-state index is 5.30. The third kappa shape index (κ3) is 2.74. The Morgan fingerprint density at radius 2 is 2.00 bits per heavy atom. The Labute approximate surface area is 115 Å². The molecule has 0 radical (unpaired) electrons. The van der Waals surface area contributed by atoms with Crippen LogP contribution in [0.1, 0.15) is 0 Å². The summed E-state index contributed by atoms with van der Waals surface area (Å²) in [6.07, 6.45) is 1.70. The fourth-order valence-electron chi connectivity index (χ4n) is 1.69. The zero-order chi connectivity index (χ0) is 13.1. The molecule has 0 unspecified atom stereocenters. The van der Waals surface area contributed by atoms with Crippen molar-refractivity contribution in [1.29, 1.82) is 0 Å². The van der Waals surface area contributed by atoms with E-state index in [1.54, 1.807) is 6.20 Å². The molecule has 1 aliphatic heterocycles.